The Morgan fingerprint density at radius 2 is 2.06 bits per heavy atom. The first-order valence-corrected chi connectivity index (χ1v) is 6.20. The van der Waals surface area contributed by atoms with Crippen LogP contribution in [0.4, 0.5) is 5.69 Å². The molecule has 0 radical (unpaired) electrons. The van der Waals surface area contributed by atoms with Crippen LogP contribution in [0.15, 0.2) is 18.2 Å². The third-order valence-electron chi connectivity index (χ3n) is 2.61. The second-order valence-electron chi connectivity index (χ2n) is 4.37. The van der Waals surface area contributed by atoms with E-state index >= 15 is 0 Å². The third-order valence-corrected chi connectivity index (χ3v) is 2.96. The van der Waals surface area contributed by atoms with Crippen LogP contribution < -0.4 is 10.6 Å². The number of benzene rings is 1. The van der Waals surface area contributed by atoms with Gasteiger partial charge in [0.25, 0.3) is 0 Å². The molecule has 0 spiro atoms. The fourth-order valence-electron chi connectivity index (χ4n) is 1.88. The molecular formula is C13H21ClN2. The maximum atomic E-state index is 6.16. The van der Waals surface area contributed by atoms with Crippen LogP contribution in [0.2, 0.25) is 5.02 Å². The lowest BCUT2D eigenvalue weighted by atomic mass is 10.1. The Morgan fingerprint density at radius 1 is 1.38 bits per heavy atom. The standard InChI is InChI=1S/C13H21ClN2/c1-4-16(9-10(2)3)13-7-5-6-12(14)11(13)8-15/h5-7,10H,4,8-9,15H2,1-3H3. The van der Waals surface area contributed by atoms with Crippen molar-refractivity contribution in [1.29, 1.82) is 0 Å². The first kappa shape index (κ1) is 13.3. The molecule has 0 aliphatic rings. The predicted molar refractivity (Wildman–Crippen MR) is 72.1 cm³/mol. The fraction of sp³-hybridized carbons (Fsp3) is 0.538. The van der Waals surface area contributed by atoms with E-state index in [0.717, 1.165) is 23.7 Å². The molecule has 0 bridgehead atoms. The number of halogens is 1. The summed E-state index contributed by atoms with van der Waals surface area (Å²) in [5, 5.41) is 0.766. The van der Waals surface area contributed by atoms with Crippen LogP contribution in [0, 0.1) is 5.92 Å². The number of hydrogen-bond acceptors (Lipinski definition) is 2. The van der Waals surface area contributed by atoms with E-state index in [1.54, 1.807) is 0 Å². The van der Waals surface area contributed by atoms with Crippen molar-refractivity contribution in [2.45, 2.75) is 27.3 Å². The van der Waals surface area contributed by atoms with Crippen LogP contribution in [0.3, 0.4) is 0 Å². The summed E-state index contributed by atoms with van der Waals surface area (Å²) < 4.78 is 0. The van der Waals surface area contributed by atoms with Gasteiger partial charge in [0, 0.05) is 35.9 Å². The number of nitrogens with zero attached hydrogens (tertiary/aromatic N) is 1. The van der Waals surface area contributed by atoms with Crippen LogP contribution in [-0.2, 0) is 6.54 Å². The lowest BCUT2D eigenvalue weighted by Crippen LogP contribution is -2.28. The van der Waals surface area contributed by atoms with Crippen molar-refractivity contribution in [2.24, 2.45) is 11.7 Å². The zero-order chi connectivity index (χ0) is 12.1. The van der Waals surface area contributed by atoms with Crippen molar-refractivity contribution in [3.05, 3.63) is 28.8 Å². The van der Waals surface area contributed by atoms with Crippen molar-refractivity contribution in [1.82, 2.24) is 0 Å². The highest BCUT2D eigenvalue weighted by Gasteiger charge is 2.12. The third kappa shape index (κ3) is 3.13. The molecule has 16 heavy (non-hydrogen) atoms. The topological polar surface area (TPSA) is 29.3 Å². The monoisotopic (exact) mass is 240 g/mol. The highest BCUT2D eigenvalue weighted by molar-refractivity contribution is 6.31. The molecule has 1 rings (SSSR count). The van der Waals surface area contributed by atoms with Crippen molar-refractivity contribution in [3.63, 3.8) is 0 Å². The number of hydrogen-bond donors (Lipinski definition) is 1. The van der Waals surface area contributed by atoms with Gasteiger partial charge in [0.2, 0.25) is 0 Å². The van der Waals surface area contributed by atoms with E-state index in [-0.39, 0.29) is 0 Å². The summed E-state index contributed by atoms with van der Waals surface area (Å²) in [6, 6.07) is 5.98. The van der Waals surface area contributed by atoms with Crippen LogP contribution in [-0.4, -0.2) is 13.1 Å². The van der Waals surface area contributed by atoms with E-state index in [4.69, 9.17) is 17.3 Å². The average molecular weight is 241 g/mol. The van der Waals surface area contributed by atoms with Crippen molar-refractivity contribution in [3.8, 4) is 0 Å². The Bertz CT molecular complexity index is 337. The van der Waals surface area contributed by atoms with Gasteiger partial charge in [-0.1, -0.05) is 31.5 Å². The molecule has 0 aliphatic carbocycles. The van der Waals surface area contributed by atoms with Crippen LogP contribution in [0.5, 0.6) is 0 Å². The van der Waals surface area contributed by atoms with E-state index in [0.29, 0.717) is 12.5 Å². The minimum absolute atomic E-state index is 0.490. The second-order valence-corrected chi connectivity index (χ2v) is 4.78. The number of rotatable bonds is 5. The first-order valence-electron chi connectivity index (χ1n) is 5.82. The lowest BCUT2D eigenvalue weighted by molar-refractivity contribution is 0.617. The van der Waals surface area contributed by atoms with Gasteiger partial charge in [-0.25, -0.2) is 0 Å². The molecule has 0 fully saturated rings. The molecule has 0 atom stereocenters. The van der Waals surface area contributed by atoms with Gasteiger partial charge in [-0.3, -0.25) is 0 Å². The van der Waals surface area contributed by atoms with Gasteiger partial charge in [0.05, 0.1) is 0 Å². The summed E-state index contributed by atoms with van der Waals surface area (Å²) >= 11 is 6.16. The quantitative estimate of drug-likeness (QED) is 0.856. The summed E-state index contributed by atoms with van der Waals surface area (Å²) in [7, 11) is 0. The summed E-state index contributed by atoms with van der Waals surface area (Å²) in [6.07, 6.45) is 0. The molecular weight excluding hydrogens is 220 g/mol. The van der Waals surface area contributed by atoms with Gasteiger partial charge in [0.1, 0.15) is 0 Å². The van der Waals surface area contributed by atoms with E-state index in [2.05, 4.69) is 31.7 Å². The highest BCUT2D eigenvalue weighted by atomic mass is 35.5. The normalized spacial score (nSPS) is 10.9. The molecule has 0 saturated carbocycles. The largest absolute Gasteiger partial charge is 0.371 e. The Morgan fingerprint density at radius 3 is 2.56 bits per heavy atom. The predicted octanol–water partition coefficient (Wildman–Crippen LogP) is 3.28. The lowest BCUT2D eigenvalue weighted by Gasteiger charge is -2.27. The molecule has 0 amide bonds. The van der Waals surface area contributed by atoms with Gasteiger partial charge in [-0.15, -0.1) is 0 Å². The minimum Gasteiger partial charge on any atom is -0.371 e. The smallest absolute Gasteiger partial charge is 0.0471 e. The Hall–Kier alpha value is -0.730. The van der Waals surface area contributed by atoms with Crippen molar-refractivity contribution >= 4 is 17.3 Å². The summed E-state index contributed by atoms with van der Waals surface area (Å²) in [5.74, 6) is 0.629. The molecule has 0 heterocycles. The molecule has 2 N–H and O–H groups in total. The summed E-state index contributed by atoms with van der Waals surface area (Å²) in [4.78, 5) is 2.33. The van der Waals surface area contributed by atoms with Crippen LogP contribution >= 0.6 is 11.6 Å². The molecule has 90 valence electrons. The molecule has 0 unspecified atom stereocenters. The minimum atomic E-state index is 0.490. The Labute approximate surface area is 103 Å². The number of anilines is 1. The van der Waals surface area contributed by atoms with Gasteiger partial charge in [-0.05, 0) is 25.0 Å². The molecule has 3 heteroatoms. The Kier molecular flexibility index (Phi) is 5.10. The molecule has 1 aromatic rings. The van der Waals surface area contributed by atoms with Gasteiger partial charge >= 0.3 is 0 Å². The summed E-state index contributed by atoms with van der Waals surface area (Å²) in [6.45, 7) is 9.09. The molecule has 2 nitrogen and oxygen atoms in total. The van der Waals surface area contributed by atoms with Crippen molar-refractivity contribution < 1.29 is 0 Å². The SMILES string of the molecule is CCN(CC(C)C)c1cccc(Cl)c1CN. The Balaban J connectivity index is 3.04. The van der Waals surface area contributed by atoms with E-state index in [9.17, 15) is 0 Å². The highest BCUT2D eigenvalue weighted by Crippen LogP contribution is 2.27. The zero-order valence-corrected chi connectivity index (χ0v) is 11.1. The maximum Gasteiger partial charge on any atom is 0.0471 e. The van der Waals surface area contributed by atoms with E-state index < -0.39 is 0 Å². The van der Waals surface area contributed by atoms with Crippen LogP contribution in [0.1, 0.15) is 26.3 Å². The van der Waals surface area contributed by atoms with Gasteiger partial charge in [-0.2, -0.15) is 0 Å². The van der Waals surface area contributed by atoms with E-state index in [1.165, 1.54) is 5.69 Å². The van der Waals surface area contributed by atoms with Crippen molar-refractivity contribution in [2.75, 3.05) is 18.0 Å². The number of nitrogens with two attached hydrogens (primary N) is 1. The first-order chi connectivity index (χ1) is 7.60. The summed E-state index contributed by atoms with van der Waals surface area (Å²) in [5.41, 5.74) is 7.98. The fourth-order valence-corrected chi connectivity index (χ4v) is 2.13. The van der Waals surface area contributed by atoms with E-state index in [1.807, 2.05) is 12.1 Å². The zero-order valence-electron chi connectivity index (χ0n) is 10.3. The average Bonchev–Trinajstić information content (AvgIpc) is 2.25. The van der Waals surface area contributed by atoms with Gasteiger partial charge in [0.15, 0.2) is 0 Å². The van der Waals surface area contributed by atoms with Crippen LogP contribution in [0.25, 0.3) is 0 Å². The second kappa shape index (κ2) is 6.12. The molecule has 0 aromatic heterocycles. The van der Waals surface area contributed by atoms with Gasteiger partial charge < -0.3 is 10.6 Å². The molecule has 0 saturated heterocycles. The maximum absolute atomic E-state index is 6.16. The molecule has 0 aliphatic heterocycles. The molecule has 1 aromatic carbocycles.